The number of aromatic amines is 1. The fraction of sp³-hybridized carbons (Fsp3) is 0.222. The van der Waals surface area contributed by atoms with Crippen molar-refractivity contribution in [3.8, 4) is 6.07 Å². The number of nitrogens with zero attached hydrogens (tertiary/aromatic N) is 3. The summed E-state index contributed by atoms with van der Waals surface area (Å²) >= 11 is 0. The van der Waals surface area contributed by atoms with Crippen LogP contribution >= 0.6 is 0 Å². The van der Waals surface area contributed by atoms with Gasteiger partial charge in [-0.3, -0.25) is 0 Å². The maximum Gasteiger partial charge on any atom is 0.177 e. The first-order chi connectivity index (χ1) is 6.31. The number of pyridine rings is 1. The van der Waals surface area contributed by atoms with Crippen LogP contribution in [-0.4, -0.2) is 15.0 Å². The lowest BCUT2D eigenvalue weighted by atomic mass is 10.3. The van der Waals surface area contributed by atoms with Crippen LogP contribution in [0.4, 0.5) is 0 Å². The molecule has 0 aliphatic heterocycles. The molecule has 0 fully saturated rings. The van der Waals surface area contributed by atoms with Gasteiger partial charge in [0.15, 0.2) is 5.65 Å². The molecule has 2 aromatic rings. The summed E-state index contributed by atoms with van der Waals surface area (Å²) in [5.41, 5.74) is 2.71. The molecule has 2 rings (SSSR count). The fourth-order valence-corrected chi connectivity index (χ4v) is 1.24. The Balaban J connectivity index is 2.63. The number of fused-ring (bicyclic) bond motifs is 1. The van der Waals surface area contributed by atoms with E-state index in [1.54, 1.807) is 6.20 Å². The Labute approximate surface area is 75.2 Å². The molecule has 0 aliphatic rings. The number of nitriles is 1. The van der Waals surface area contributed by atoms with Gasteiger partial charge < -0.3 is 4.98 Å². The average Bonchev–Trinajstić information content (AvgIpc) is 2.49. The summed E-state index contributed by atoms with van der Waals surface area (Å²) in [4.78, 5) is 11.3. The molecule has 13 heavy (non-hydrogen) atoms. The zero-order chi connectivity index (χ0) is 9.26. The Hall–Kier alpha value is -1.89. The number of aromatic nitrogens is 3. The van der Waals surface area contributed by atoms with Gasteiger partial charge in [-0.2, -0.15) is 5.26 Å². The van der Waals surface area contributed by atoms with Gasteiger partial charge in [-0.25, -0.2) is 9.97 Å². The van der Waals surface area contributed by atoms with E-state index in [9.17, 15) is 0 Å². The van der Waals surface area contributed by atoms with Crippen LogP contribution in [0.5, 0.6) is 0 Å². The third kappa shape index (κ3) is 1.25. The van der Waals surface area contributed by atoms with Crippen molar-refractivity contribution < 1.29 is 0 Å². The number of imidazole rings is 1. The maximum atomic E-state index is 8.48. The summed E-state index contributed by atoms with van der Waals surface area (Å²) in [5.74, 6) is 0.680. The lowest BCUT2D eigenvalue weighted by molar-refractivity contribution is 1.07. The van der Waals surface area contributed by atoms with Gasteiger partial charge in [-0.1, -0.05) is 0 Å². The van der Waals surface area contributed by atoms with Crippen LogP contribution < -0.4 is 0 Å². The molecule has 0 atom stereocenters. The van der Waals surface area contributed by atoms with E-state index in [0.717, 1.165) is 11.1 Å². The van der Waals surface area contributed by atoms with E-state index in [-0.39, 0.29) is 0 Å². The van der Waals surface area contributed by atoms with Crippen LogP contribution in [-0.2, 0) is 6.42 Å². The highest BCUT2D eigenvalue weighted by molar-refractivity contribution is 5.74. The van der Waals surface area contributed by atoms with Crippen LogP contribution in [0.15, 0.2) is 12.3 Å². The molecule has 0 amide bonds. The van der Waals surface area contributed by atoms with Crippen molar-refractivity contribution in [3.05, 3.63) is 23.7 Å². The quantitative estimate of drug-likeness (QED) is 0.705. The minimum atomic E-state index is 0.301. The number of hydrogen-bond donors (Lipinski definition) is 1. The van der Waals surface area contributed by atoms with E-state index in [0.29, 0.717) is 17.9 Å². The second-order valence-corrected chi connectivity index (χ2v) is 2.84. The predicted octanol–water partition coefficient (Wildman–Crippen LogP) is 1.33. The van der Waals surface area contributed by atoms with Crippen molar-refractivity contribution in [3.63, 3.8) is 0 Å². The summed E-state index contributed by atoms with van der Waals surface area (Å²) in [7, 11) is 0. The first kappa shape index (κ1) is 7.74. The molecule has 0 saturated heterocycles. The van der Waals surface area contributed by atoms with Crippen molar-refractivity contribution in [1.29, 1.82) is 5.26 Å². The number of H-pyrrole nitrogens is 1. The first-order valence-electron chi connectivity index (χ1n) is 3.98. The minimum absolute atomic E-state index is 0.301. The third-order valence-corrected chi connectivity index (χ3v) is 1.90. The SMILES string of the molecule is Cc1ccnc2nc(CC#N)[nH]c12. The summed E-state index contributed by atoms with van der Waals surface area (Å²) < 4.78 is 0. The van der Waals surface area contributed by atoms with Gasteiger partial charge in [0.2, 0.25) is 0 Å². The predicted molar refractivity (Wildman–Crippen MR) is 47.9 cm³/mol. The highest BCUT2D eigenvalue weighted by Gasteiger charge is 2.04. The summed E-state index contributed by atoms with van der Waals surface area (Å²) in [6, 6.07) is 3.96. The zero-order valence-electron chi connectivity index (χ0n) is 7.20. The molecular weight excluding hydrogens is 164 g/mol. The van der Waals surface area contributed by atoms with Gasteiger partial charge in [0, 0.05) is 6.20 Å². The molecule has 0 unspecified atom stereocenters. The Kier molecular flexibility index (Phi) is 1.71. The number of nitrogens with one attached hydrogen (secondary N) is 1. The van der Waals surface area contributed by atoms with Crippen LogP contribution in [0.25, 0.3) is 11.2 Å². The summed E-state index contributed by atoms with van der Waals surface area (Å²) in [5, 5.41) is 8.48. The van der Waals surface area contributed by atoms with E-state index in [4.69, 9.17) is 5.26 Å². The molecule has 0 spiro atoms. The van der Waals surface area contributed by atoms with Crippen molar-refractivity contribution in [2.24, 2.45) is 0 Å². The van der Waals surface area contributed by atoms with Gasteiger partial charge >= 0.3 is 0 Å². The molecule has 0 bridgehead atoms. The number of aryl methyl sites for hydroxylation is 1. The molecular formula is C9H8N4. The number of hydrogen-bond acceptors (Lipinski definition) is 3. The topological polar surface area (TPSA) is 65.4 Å². The van der Waals surface area contributed by atoms with E-state index in [2.05, 4.69) is 15.0 Å². The van der Waals surface area contributed by atoms with E-state index < -0.39 is 0 Å². The monoisotopic (exact) mass is 172 g/mol. The smallest absolute Gasteiger partial charge is 0.177 e. The van der Waals surface area contributed by atoms with Crippen molar-refractivity contribution in [2.75, 3.05) is 0 Å². The Bertz CT molecular complexity index is 478. The van der Waals surface area contributed by atoms with Gasteiger partial charge in [-0.15, -0.1) is 0 Å². The van der Waals surface area contributed by atoms with Gasteiger partial charge in [0.05, 0.1) is 18.0 Å². The van der Waals surface area contributed by atoms with Crippen LogP contribution in [0.2, 0.25) is 0 Å². The Morgan fingerprint density at radius 2 is 2.46 bits per heavy atom. The largest absolute Gasteiger partial charge is 0.340 e. The molecule has 4 heteroatoms. The van der Waals surface area contributed by atoms with Gasteiger partial charge in [-0.05, 0) is 18.6 Å². The molecule has 64 valence electrons. The third-order valence-electron chi connectivity index (χ3n) is 1.90. The van der Waals surface area contributed by atoms with E-state index in [1.807, 2.05) is 19.1 Å². The second kappa shape index (κ2) is 2.87. The molecule has 2 heterocycles. The Morgan fingerprint density at radius 3 is 3.15 bits per heavy atom. The highest BCUT2D eigenvalue weighted by Crippen LogP contribution is 2.12. The molecule has 4 nitrogen and oxygen atoms in total. The highest BCUT2D eigenvalue weighted by atomic mass is 15.0. The molecule has 2 aromatic heterocycles. The normalized spacial score (nSPS) is 10.2. The second-order valence-electron chi connectivity index (χ2n) is 2.84. The first-order valence-corrected chi connectivity index (χ1v) is 3.98. The van der Waals surface area contributed by atoms with Gasteiger partial charge in [0.1, 0.15) is 5.82 Å². The summed E-state index contributed by atoms with van der Waals surface area (Å²) in [6.45, 7) is 1.98. The minimum Gasteiger partial charge on any atom is -0.340 e. The molecule has 0 radical (unpaired) electrons. The lowest BCUT2D eigenvalue weighted by Gasteiger charge is -1.90. The van der Waals surface area contributed by atoms with E-state index >= 15 is 0 Å². The molecule has 0 aliphatic carbocycles. The van der Waals surface area contributed by atoms with Crippen molar-refractivity contribution in [2.45, 2.75) is 13.3 Å². The zero-order valence-corrected chi connectivity index (χ0v) is 7.20. The standard InChI is InChI=1S/C9H8N4/c1-6-3-5-11-9-8(6)12-7(13-9)2-4-10/h3,5H,2H2,1H3,(H,11,12,13). The maximum absolute atomic E-state index is 8.48. The molecule has 0 aromatic carbocycles. The lowest BCUT2D eigenvalue weighted by Crippen LogP contribution is -1.82. The van der Waals surface area contributed by atoms with E-state index in [1.165, 1.54) is 0 Å². The van der Waals surface area contributed by atoms with Crippen LogP contribution in [0.1, 0.15) is 11.4 Å². The van der Waals surface area contributed by atoms with Crippen molar-refractivity contribution in [1.82, 2.24) is 15.0 Å². The van der Waals surface area contributed by atoms with Gasteiger partial charge in [0.25, 0.3) is 0 Å². The summed E-state index contributed by atoms with van der Waals surface area (Å²) in [6.07, 6.45) is 2.02. The Morgan fingerprint density at radius 1 is 1.62 bits per heavy atom. The fourth-order valence-electron chi connectivity index (χ4n) is 1.24. The molecule has 0 saturated carbocycles. The van der Waals surface area contributed by atoms with Crippen molar-refractivity contribution >= 4 is 11.2 Å². The van der Waals surface area contributed by atoms with Crippen LogP contribution in [0, 0.1) is 18.3 Å². The number of rotatable bonds is 1. The average molecular weight is 172 g/mol. The van der Waals surface area contributed by atoms with Crippen LogP contribution in [0.3, 0.4) is 0 Å². The molecule has 1 N–H and O–H groups in total.